The minimum Gasteiger partial charge on any atom is -0.375 e. The Hall–Kier alpha value is -1.95. The monoisotopic (exact) mass is 329 g/mol. The molecular weight excluding hydrogens is 306 g/mol. The molecule has 128 valence electrons. The molecule has 1 unspecified atom stereocenters. The van der Waals surface area contributed by atoms with Gasteiger partial charge in [0, 0.05) is 24.7 Å². The van der Waals surface area contributed by atoms with Gasteiger partial charge < -0.3 is 14.2 Å². The molecule has 4 rings (SSSR count). The lowest BCUT2D eigenvalue weighted by Crippen LogP contribution is -2.44. The van der Waals surface area contributed by atoms with Gasteiger partial charge in [-0.05, 0) is 31.7 Å². The molecule has 0 N–H and O–H groups in total. The summed E-state index contributed by atoms with van der Waals surface area (Å²) in [6.07, 6.45) is 2.33. The Morgan fingerprint density at radius 3 is 2.83 bits per heavy atom. The molecule has 0 radical (unpaired) electrons. The molecule has 1 saturated heterocycles. The van der Waals surface area contributed by atoms with Crippen LogP contribution in [0.4, 0.5) is 0 Å². The van der Waals surface area contributed by atoms with Crippen LogP contribution in [0.25, 0.3) is 11.1 Å². The van der Waals surface area contributed by atoms with Crippen molar-refractivity contribution < 1.29 is 14.1 Å². The van der Waals surface area contributed by atoms with Crippen molar-refractivity contribution in [3.05, 3.63) is 23.0 Å². The first-order valence-electron chi connectivity index (χ1n) is 8.75. The van der Waals surface area contributed by atoms with Crippen molar-refractivity contribution in [1.29, 1.82) is 0 Å². The molecule has 0 bridgehead atoms. The largest absolute Gasteiger partial charge is 0.375 e. The maximum atomic E-state index is 13.2. The summed E-state index contributed by atoms with van der Waals surface area (Å²) in [6.45, 7) is 7.92. The summed E-state index contributed by atoms with van der Waals surface area (Å²) in [7, 11) is 0. The minimum atomic E-state index is 0.0320. The normalized spacial score (nSPS) is 21.7. The van der Waals surface area contributed by atoms with E-state index in [0.717, 1.165) is 29.6 Å². The number of carbonyl (C=O) groups excluding carboxylic acids is 1. The third-order valence-electron chi connectivity index (χ3n) is 4.79. The maximum Gasteiger partial charge on any atom is 0.259 e. The predicted octanol–water partition coefficient (Wildman–Crippen LogP) is 3.08. The molecule has 0 aromatic carbocycles. The van der Waals surface area contributed by atoms with Crippen LogP contribution in [0, 0.1) is 0 Å². The second-order valence-electron chi connectivity index (χ2n) is 7.20. The topological polar surface area (TPSA) is 68.5 Å². The van der Waals surface area contributed by atoms with Crippen LogP contribution < -0.4 is 0 Å². The summed E-state index contributed by atoms with van der Waals surface area (Å²) in [5.41, 5.74) is 2.94. The van der Waals surface area contributed by atoms with Crippen molar-refractivity contribution in [2.45, 2.75) is 51.6 Å². The van der Waals surface area contributed by atoms with Gasteiger partial charge in [0.1, 0.15) is 0 Å². The van der Waals surface area contributed by atoms with Gasteiger partial charge >= 0.3 is 0 Å². The summed E-state index contributed by atoms with van der Waals surface area (Å²) in [5, 5.41) is 4.96. The predicted molar refractivity (Wildman–Crippen MR) is 89.2 cm³/mol. The Morgan fingerprint density at radius 2 is 2.17 bits per heavy atom. The highest BCUT2D eigenvalue weighted by molar-refractivity contribution is 6.06. The van der Waals surface area contributed by atoms with Crippen molar-refractivity contribution in [1.82, 2.24) is 15.0 Å². The van der Waals surface area contributed by atoms with Gasteiger partial charge in [-0.25, -0.2) is 4.98 Å². The second-order valence-corrected chi connectivity index (χ2v) is 7.20. The van der Waals surface area contributed by atoms with E-state index in [-0.39, 0.29) is 17.9 Å². The van der Waals surface area contributed by atoms with Gasteiger partial charge in [-0.15, -0.1) is 0 Å². The van der Waals surface area contributed by atoms with E-state index in [9.17, 15) is 4.79 Å². The summed E-state index contributed by atoms with van der Waals surface area (Å²) in [4.78, 5) is 19.7. The van der Waals surface area contributed by atoms with Gasteiger partial charge in [0.25, 0.3) is 11.6 Å². The van der Waals surface area contributed by atoms with Crippen LogP contribution in [-0.4, -0.2) is 46.7 Å². The van der Waals surface area contributed by atoms with Crippen molar-refractivity contribution in [2.75, 3.05) is 19.7 Å². The number of pyridine rings is 1. The SMILES string of the molecule is CC1CN(C(=O)c2cc(C3CC3)nc3onc(C(C)C)c23)CCO1. The van der Waals surface area contributed by atoms with E-state index in [0.29, 0.717) is 36.9 Å². The average Bonchev–Trinajstić information content (AvgIpc) is 3.32. The van der Waals surface area contributed by atoms with Crippen LogP contribution in [0.1, 0.15) is 67.2 Å². The fourth-order valence-electron chi connectivity index (χ4n) is 3.32. The number of morpholine rings is 1. The zero-order valence-corrected chi connectivity index (χ0v) is 14.4. The van der Waals surface area contributed by atoms with Gasteiger partial charge in [0.15, 0.2) is 0 Å². The molecular formula is C18H23N3O3. The maximum absolute atomic E-state index is 13.2. The summed E-state index contributed by atoms with van der Waals surface area (Å²) in [6, 6.07) is 1.96. The van der Waals surface area contributed by atoms with Crippen LogP contribution in [0.5, 0.6) is 0 Å². The van der Waals surface area contributed by atoms with Crippen molar-refractivity contribution >= 4 is 17.0 Å². The molecule has 2 aromatic rings. The van der Waals surface area contributed by atoms with Crippen LogP contribution in [0.2, 0.25) is 0 Å². The quantitative estimate of drug-likeness (QED) is 0.865. The number of fused-ring (bicyclic) bond motifs is 1. The molecule has 2 aromatic heterocycles. The number of amides is 1. The van der Waals surface area contributed by atoms with Crippen LogP contribution >= 0.6 is 0 Å². The van der Waals surface area contributed by atoms with Crippen molar-refractivity contribution in [3.63, 3.8) is 0 Å². The van der Waals surface area contributed by atoms with Crippen LogP contribution in [-0.2, 0) is 4.74 Å². The molecule has 1 atom stereocenters. The van der Waals surface area contributed by atoms with Gasteiger partial charge in [-0.3, -0.25) is 4.79 Å². The Kier molecular flexibility index (Phi) is 3.79. The Bertz CT molecular complexity index is 779. The van der Waals surface area contributed by atoms with Gasteiger partial charge in [0.2, 0.25) is 0 Å². The summed E-state index contributed by atoms with van der Waals surface area (Å²) in [5.74, 6) is 0.664. The number of carbonyl (C=O) groups is 1. The number of nitrogens with zero attached hydrogens (tertiary/aromatic N) is 3. The van der Waals surface area contributed by atoms with E-state index >= 15 is 0 Å². The molecule has 3 heterocycles. The molecule has 24 heavy (non-hydrogen) atoms. The van der Waals surface area contributed by atoms with E-state index in [1.807, 2.05) is 17.9 Å². The lowest BCUT2D eigenvalue weighted by Gasteiger charge is -2.31. The highest BCUT2D eigenvalue weighted by atomic mass is 16.5. The molecule has 1 aliphatic heterocycles. The van der Waals surface area contributed by atoms with Gasteiger partial charge in [-0.2, -0.15) is 0 Å². The second kappa shape index (κ2) is 5.84. The third-order valence-corrected chi connectivity index (χ3v) is 4.79. The van der Waals surface area contributed by atoms with E-state index < -0.39 is 0 Å². The standard InChI is InChI=1S/C18H23N3O3/c1-10(2)16-15-13(18(22)21-6-7-23-11(3)9-21)8-14(12-4-5-12)19-17(15)24-20-16/h8,10-12H,4-7,9H2,1-3H3. The smallest absolute Gasteiger partial charge is 0.259 e. The average molecular weight is 329 g/mol. The highest BCUT2D eigenvalue weighted by Crippen LogP contribution is 2.41. The molecule has 6 nitrogen and oxygen atoms in total. The molecule has 1 aliphatic carbocycles. The van der Waals surface area contributed by atoms with E-state index in [4.69, 9.17) is 9.26 Å². The van der Waals surface area contributed by atoms with Crippen molar-refractivity contribution in [3.8, 4) is 0 Å². The lowest BCUT2D eigenvalue weighted by molar-refractivity contribution is -0.0123. The Labute approximate surface area is 141 Å². The molecule has 1 saturated carbocycles. The van der Waals surface area contributed by atoms with Crippen LogP contribution in [0.15, 0.2) is 10.6 Å². The minimum absolute atomic E-state index is 0.0320. The molecule has 0 spiro atoms. The van der Waals surface area contributed by atoms with Crippen molar-refractivity contribution in [2.24, 2.45) is 0 Å². The van der Waals surface area contributed by atoms with E-state index in [2.05, 4.69) is 24.0 Å². The zero-order valence-electron chi connectivity index (χ0n) is 14.4. The van der Waals surface area contributed by atoms with E-state index in [1.54, 1.807) is 0 Å². The number of hydrogen-bond donors (Lipinski definition) is 0. The molecule has 2 aliphatic rings. The molecule has 6 heteroatoms. The number of hydrogen-bond acceptors (Lipinski definition) is 5. The van der Waals surface area contributed by atoms with E-state index in [1.165, 1.54) is 0 Å². The van der Waals surface area contributed by atoms with Crippen LogP contribution in [0.3, 0.4) is 0 Å². The fraction of sp³-hybridized carbons (Fsp3) is 0.611. The van der Waals surface area contributed by atoms with Gasteiger partial charge in [0.05, 0.1) is 29.4 Å². The first-order chi connectivity index (χ1) is 11.5. The lowest BCUT2D eigenvalue weighted by atomic mass is 10.0. The Morgan fingerprint density at radius 1 is 1.38 bits per heavy atom. The summed E-state index contributed by atoms with van der Waals surface area (Å²) >= 11 is 0. The Balaban J connectivity index is 1.81. The first-order valence-corrected chi connectivity index (χ1v) is 8.75. The highest BCUT2D eigenvalue weighted by Gasteiger charge is 2.31. The molecule has 1 amide bonds. The fourth-order valence-corrected chi connectivity index (χ4v) is 3.32. The number of ether oxygens (including phenoxy) is 1. The van der Waals surface area contributed by atoms with Gasteiger partial charge in [-0.1, -0.05) is 19.0 Å². The third kappa shape index (κ3) is 2.69. The summed E-state index contributed by atoms with van der Waals surface area (Å²) < 4.78 is 11.0. The zero-order chi connectivity index (χ0) is 16.8. The first kappa shape index (κ1) is 15.6. The number of aromatic nitrogens is 2. The molecule has 2 fully saturated rings. The number of rotatable bonds is 3.